The van der Waals surface area contributed by atoms with Crippen LogP contribution in [0.3, 0.4) is 0 Å². The van der Waals surface area contributed by atoms with Crippen molar-refractivity contribution in [3.63, 3.8) is 0 Å². The molecule has 0 unspecified atom stereocenters. The van der Waals surface area contributed by atoms with Crippen LogP contribution in [-0.4, -0.2) is 28.1 Å². The molecule has 0 saturated heterocycles. The largest absolute Gasteiger partial charge is 0.394 e. The Morgan fingerprint density at radius 2 is 2.00 bits per heavy atom. The van der Waals surface area contributed by atoms with E-state index in [2.05, 4.69) is 10.3 Å². The summed E-state index contributed by atoms with van der Waals surface area (Å²) in [6.45, 7) is -0.00831. The monoisotopic (exact) mass is 348 g/mol. The Morgan fingerprint density at radius 3 is 2.67 bits per heavy atom. The number of aliphatic hydroxyl groups is 1. The second kappa shape index (κ2) is 7.40. The van der Waals surface area contributed by atoms with Crippen LogP contribution in [0.4, 0.5) is 4.39 Å². The van der Waals surface area contributed by atoms with Gasteiger partial charge in [-0.25, -0.2) is 9.37 Å². The van der Waals surface area contributed by atoms with Gasteiger partial charge in [0.25, 0.3) is 0 Å². The van der Waals surface area contributed by atoms with Gasteiger partial charge in [0.1, 0.15) is 5.82 Å². The number of benzene rings is 1. The van der Waals surface area contributed by atoms with E-state index >= 15 is 0 Å². The van der Waals surface area contributed by atoms with Crippen molar-refractivity contribution in [1.82, 2.24) is 10.3 Å². The van der Waals surface area contributed by atoms with Crippen LogP contribution in [0.25, 0.3) is 0 Å². The molecule has 24 heavy (non-hydrogen) atoms. The van der Waals surface area contributed by atoms with E-state index in [1.165, 1.54) is 23.5 Å². The van der Waals surface area contributed by atoms with Crippen molar-refractivity contribution in [1.29, 1.82) is 0 Å². The van der Waals surface area contributed by atoms with Gasteiger partial charge >= 0.3 is 0 Å². The molecule has 1 aromatic heterocycles. The molecule has 1 fully saturated rings. The van der Waals surface area contributed by atoms with Crippen LogP contribution >= 0.6 is 11.3 Å². The lowest BCUT2D eigenvalue weighted by Crippen LogP contribution is -2.49. The summed E-state index contributed by atoms with van der Waals surface area (Å²) < 4.78 is 12.9. The Morgan fingerprint density at radius 1 is 1.29 bits per heavy atom. The lowest BCUT2D eigenvalue weighted by molar-refractivity contribution is -0.123. The highest BCUT2D eigenvalue weighted by Crippen LogP contribution is 2.29. The summed E-state index contributed by atoms with van der Waals surface area (Å²) in [5.74, 6) is -0.343. The van der Waals surface area contributed by atoms with Gasteiger partial charge in [-0.1, -0.05) is 25.0 Å². The lowest BCUT2D eigenvalue weighted by atomic mass is 9.98. The van der Waals surface area contributed by atoms with E-state index in [1.54, 1.807) is 12.1 Å². The number of amides is 1. The molecule has 2 N–H and O–H groups in total. The minimum absolute atomic E-state index is 0.00831. The summed E-state index contributed by atoms with van der Waals surface area (Å²) in [5, 5.41) is 15.3. The summed E-state index contributed by atoms with van der Waals surface area (Å²) in [7, 11) is 0. The molecule has 1 amide bonds. The molecule has 0 atom stereocenters. The fourth-order valence-corrected chi connectivity index (χ4v) is 4.00. The third-order valence-electron chi connectivity index (χ3n) is 4.48. The number of carbonyl (C=O) groups is 1. The van der Waals surface area contributed by atoms with Crippen molar-refractivity contribution in [2.24, 2.45) is 0 Å². The van der Waals surface area contributed by atoms with Crippen molar-refractivity contribution < 1.29 is 14.3 Å². The predicted octanol–water partition coefficient (Wildman–Crippen LogP) is 2.84. The van der Waals surface area contributed by atoms with Crippen LogP contribution in [0.1, 0.15) is 41.9 Å². The number of rotatable bonds is 6. The summed E-state index contributed by atoms with van der Waals surface area (Å²) >= 11 is 1.50. The Bertz CT molecular complexity index is 693. The summed E-state index contributed by atoms with van der Waals surface area (Å²) in [4.78, 5) is 16.7. The molecule has 6 heteroatoms. The number of hydrogen-bond donors (Lipinski definition) is 2. The minimum Gasteiger partial charge on any atom is -0.394 e. The van der Waals surface area contributed by atoms with Crippen LogP contribution in [-0.2, 0) is 17.6 Å². The van der Waals surface area contributed by atoms with Crippen molar-refractivity contribution in [2.45, 2.75) is 44.1 Å². The van der Waals surface area contributed by atoms with Gasteiger partial charge in [0, 0.05) is 11.8 Å². The van der Waals surface area contributed by atoms with Crippen LogP contribution in [0.2, 0.25) is 0 Å². The molecule has 1 aliphatic carbocycles. The van der Waals surface area contributed by atoms with Gasteiger partial charge in [-0.05, 0) is 30.5 Å². The normalized spacial score (nSPS) is 16.2. The number of aliphatic hydroxyl groups excluding tert-OH is 1. The second-order valence-corrected chi connectivity index (χ2v) is 7.35. The first-order valence-electron chi connectivity index (χ1n) is 8.18. The number of thiazole rings is 1. The Kier molecular flexibility index (Phi) is 5.26. The SMILES string of the molecule is O=C(Cc1csc(Cc2ccc(F)cc2)n1)NC1(CO)CCCC1. The smallest absolute Gasteiger partial charge is 0.226 e. The molecular weight excluding hydrogens is 327 g/mol. The highest BCUT2D eigenvalue weighted by atomic mass is 32.1. The first kappa shape index (κ1) is 17.0. The van der Waals surface area contributed by atoms with Gasteiger partial charge in [0.05, 0.1) is 29.3 Å². The van der Waals surface area contributed by atoms with E-state index in [1.807, 2.05) is 5.38 Å². The maximum atomic E-state index is 12.9. The second-order valence-electron chi connectivity index (χ2n) is 6.41. The lowest BCUT2D eigenvalue weighted by Gasteiger charge is -2.27. The van der Waals surface area contributed by atoms with E-state index in [4.69, 9.17) is 0 Å². The fraction of sp³-hybridized carbons (Fsp3) is 0.444. The maximum absolute atomic E-state index is 12.9. The summed E-state index contributed by atoms with van der Waals surface area (Å²) in [6.07, 6.45) is 4.61. The highest BCUT2D eigenvalue weighted by molar-refractivity contribution is 7.09. The van der Waals surface area contributed by atoms with Crippen LogP contribution in [0.15, 0.2) is 29.6 Å². The molecule has 1 saturated carbocycles. The number of halogens is 1. The van der Waals surface area contributed by atoms with E-state index in [9.17, 15) is 14.3 Å². The standard InChI is InChI=1S/C18H21FN2O2S/c19-14-5-3-13(4-6-14)9-17-20-15(11-24-17)10-16(23)21-18(12-22)7-1-2-8-18/h3-6,11,22H,1-2,7-10,12H2,(H,21,23). The molecule has 1 aromatic carbocycles. The van der Waals surface area contributed by atoms with Gasteiger partial charge in [0.15, 0.2) is 0 Å². The molecule has 2 aromatic rings. The molecule has 128 valence electrons. The number of nitrogens with zero attached hydrogens (tertiary/aromatic N) is 1. The van der Waals surface area contributed by atoms with Crippen molar-refractivity contribution >= 4 is 17.2 Å². The summed E-state index contributed by atoms with van der Waals surface area (Å²) in [5.41, 5.74) is 1.29. The number of nitrogens with one attached hydrogen (secondary N) is 1. The molecule has 4 nitrogen and oxygen atoms in total. The first-order valence-corrected chi connectivity index (χ1v) is 9.06. The predicted molar refractivity (Wildman–Crippen MR) is 91.5 cm³/mol. The van der Waals surface area contributed by atoms with Gasteiger partial charge in [0.2, 0.25) is 5.91 Å². The number of carbonyl (C=O) groups excluding carboxylic acids is 1. The Hall–Kier alpha value is -1.79. The number of aromatic nitrogens is 1. The quantitative estimate of drug-likeness (QED) is 0.844. The molecule has 0 spiro atoms. The van der Waals surface area contributed by atoms with E-state index in [0.29, 0.717) is 6.42 Å². The van der Waals surface area contributed by atoms with Gasteiger partial charge in [-0.3, -0.25) is 4.79 Å². The average Bonchev–Trinajstić information content (AvgIpc) is 3.20. The Balaban J connectivity index is 1.57. The molecule has 1 aliphatic rings. The maximum Gasteiger partial charge on any atom is 0.226 e. The molecule has 0 radical (unpaired) electrons. The van der Waals surface area contributed by atoms with E-state index in [0.717, 1.165) is 41.9 Å². The van der Waals surface area contributed by atoms with Crippen LogP contribution < -0.4 is 5.32 Å². The topological polar surface area (TPSA) is 62.2 Å². The Labute approximate surface area is 144 Å². The first-order chi connectivity index (χ1) is 11.6. The molecule has 3 rings (SSSR count). The zero-order valence-electron chi connectivity index (χ0n) is 13.4. The average molecular weight is 348 g/mol. The molecule has 0 aliphatic heterocycles. The van der Waals surface area contributed by atoms with Crippen LogP contribution in [0.5, 0.6) is 0 Å². The van der Waals surface area contributed by atoms with Gasteiger partial charge < -0.3 is 10.4 Å². The number of hydrogen-bond acceptors (Lipinski definition) is 4. The summed E-state index contributed by atoms with van der Waals surface area (Å²) in [6, 6.07) is 6.36. The van der Waals surface area contributed by atoms with E-state index < -0.39 is 5.54 Å². The van der Waals surface area contributed by atoms with Crippen molar-refractivity contribution in [2.75, 3.05) is 6.61 Å². The highest BCUT2D eigenvalue weighted by Gasteiger charge is 2.34. The zero-order valence-corrected chi connectivity index (χ0v) is 14.2. The zero-order chi connectivity index (χ0) is 17.0. The van der Waals surface area contributed by atoms with Crippen molar-refractivity contribution in [3.05, 3.63) is 51.7 Å². The molecular formula is C18H21FN2O2S. The third-order valence-corrected chi connectivity index (χ3v) is 5.38. The van der Waals surface area contributed by atoms with Gasteiger partial charge in [-0.2, -0.15) is 0 Å². The molecule has 1 heterocycles. The van der Waals surface area contributed by atoms with Gasteiger partial charge in [-0.15, -0.1) is 11.3 Å². The van der Waals surface area contributed by atoms with E-state index in [-0.39, 0.29) is 24.8 Å². The van der Waals surface area contributed by atoms with Crippen molar-refractivity contribution in [3.8, 4) is 0 Å². The molecule has 0 bridgehead atoms. The van der Waals surface area contributed by atoms with Crippen LogP contribution in [0, 0.1) is 5.82 Å². The third kappa shape index (κ3) is 4.19. The minimum atomic E-state index is -0.440. The fourth-order valence-electron chi connectivity index (χ4n) is 3.17.